The largest absolute Gasteiger partial charge is 0.508 e. The highest BCUT2D eigenvalue weighted by molar-refractivity contribution is 5.88. The van der Waals surface area contributed by atoms with E-state index in [2.05, 4.69) is 4.98 Å². The van der Waals surface area contributed by atoms with Gasteiger partial charge in [-0.2, -0.15) is 0 Å². The van der Waals surface area contributed by atoms with Crippen molar-refractivity contribution in [3.05, 3.63) is 60.2 Å². The Kier molecular flexibility index (Phi) is 2.48. The highest BCUT2D eigenvalue weighted by Gasteiger charge is 2.10. The van der Waals surface area contributed by atoms with Crippen molar-refractivity contribution in [2.45, 2.75) is 6.92 Å². The first-order chi connectivity index (χ1) is 10.2. The maximum absolute atomic E-state index is 9.51. The molecule has 0 amide bonds. The lowest BCUT2D eigenvalue weighted by molar-refractivity contribution is 0.476. The summed E-state index contributed by atoms with van der Waals surface area (Å²) in [6.45, 7) is 2.03. The molecular weight excluding hydrogens is 262 g/mol. The summed E-state index contributed by atoms with van der Waals surface area (Å²) in [6, 6.07) is 17.2. The van der Waals surface area contributed by atoms with Crippen LogP contribution in [0.1, 0.15) is 5.56 Å². The number of aromatic hydroxyl groups is 1. The molecule has 4 rings (SSSR count). The number of nitrogens with zero attached hydrogens (tertiary/aromatic N) is 1. The monoisotopic (exact) mass is 275 g/mol. The molecule has 0 aliphatic heterocycles. The average Bonchev–Trinajstić information content (AvgIpc) is 2.92. The van der Waals surface area contributed by atoms with Gasteiger partial charge in [-0.1, -0.05) is 24.3 Å². The van der Waals surface area contributed by atoms with Crippen LogP contribution in [-0.4, -0.2) is 10.1 Å². The van der Waals surface area contributed by atoms with Crippen LogP contribution in [-0.2, 0) is 0 Å². The van der Waals surface area contributed by atoms with Crippen molar-refractivity contribution < 1.29 is 9.52 Å². The number of oxazole rings is 1. The number of hydrogen-bond donors (Lipinski definition) is 1. The molecule has 0 saturated heterocycles. The van der Waals surface area contributed by atoms with Gasteiger partial charge < -0.3 is 9.52 Å². The Morgan fingerprint density at radius 3 is 2.62 bits per heavy atom. The fourth-order valence-corrected chi connectivity index (χ4v) is 2.58. The SMILES string of the molecule is Cc1cccc2oc(-c3ccc4cc(O)ccc4c3)nc12. The lowest BCUT2D eigenvalue weighted by atomic mass is 10.1. The van der Waals surface area contributed by atoms with Crippen molar-refractivity contribution in [1.29, 1.82) is 0 Å². The van der Waals surface area contributed by atoms with Crippen LogP contribution in [0.15, 0.2) is 59.0 Å². The molecule has 0 atom stereocenters. The molecule has 0 bridgehead atoms. The van der Waals surface area contributed by atoms with Crippen LogP contribution >= 0.6 is 0 Å². The summed E-state index contributed by atoms with van der Waals surface area (Å²) >= 11 is 0. The Morgan fingerprint density at radius 1 is 0.952 bits per heavy atom. The van der Waals surface area contributed by atoms with Gasteiger partial charge in [-0.15, -0.1) is 0 Å². The first kappa shape index (κ1) is 12.0. The average molecular weight is 275 g/mol. The Labute approximate surface area is 121 Å². The third kappa shape index (κ3) is 1.94. The molecule has 0 aliphatic carbocycles. The first-order valence-electron chi connectivity index (χ1n) is 6.80. The number of aromatic nitrogens is 1. The molecule has 1 N–H and O–H groups in total. The predicted molar refractivity (Wildman–Crippen MR) is 83.4 cm³/mol. The van der Waals surface area contributed by atoms with E-state index in [1.165, 1.54) is 0 Å². The zero-order valence-corrected chi connectivity index (χ0v) is 11.5. The van der Waals surface area contributed by atoms with Crippen molar-refractivity contribution in [3.63, 3.8) is 0 Å². The van der Waals surface area contributed by atoms with E-state index in [0.29, 0.717) is 5.89 Å². The quantitative estimate of drug-likeness (QED) is 0.549. The number of para-hydroxylation sites is 1. The standard InChI is InChI=1S/C18H13NO2/c1-11-3-2-4-16-17(11)19-18(21-16)14-6-5-13-10-15(20)8-7-12(13)9-14/h2-10,20H,1H3. The third-order valence-electron chi connectivity index (χ3n) is 3.69. The molecule has 0 saturated carbocycles. The van der Waals surface area contributed by atoms with Crippen LogP contribution in [0.4, 0.5) is 0 Å². The van der Waals surface area contributed by atoms with Crippen molar-refractivity contribution in [2.75, 3.05) is 0 Å². The Balaban J connectivity index is 1.91. The van der Waals surface area contributed by atoms with Crippen LogP contribution in [0.5, 0.6) is 5.75 Å². The Morgan fingerprint density at radius 2 is 1.76 bits per heavy atom. The summed E-state index contributed by atoms with van der Waals surface area (Å²) in [5, 5.41) is 11.5. The smallest absolute Gasteiger partial charge is 0.227 e. The zero-order chi connectivity index (χ0) is 14.4. The minimum atomic E-state index is 0.271. The normalized spacial score (nSPS) is 11.3. The van der Waals surface area contributed by atoms with Gasteiger partial charge >= 0.3 is 0 Å². The van der Waals surface area contributed by atoms with Gasteiger partial charge in [-0.25, -0.2) is 4.98 Å². The number of rotatable bonds is 1. The molecule has 1 aromatic heterocycles. The number of phenols is 1. The zero-order valence-electron chi connectivity index (χ0n) is 11.5. The van der Waals surface area contributed by atoms with Gasteiger partial charge in [-0.3, -0.25) is 0 Å². The van der Waals surface area contributed by atoms with Crippen molar-refractivity contribution >= 4 is 21.9 Å². The molecule has 4 aromatic rings. The van der Waals surface area contributed by atoms with E-state index in [-0.39, 0.29) is 5.75 Å². The fraction of sp³-hybridized carbons (Fsp3) is 0.0556. The number of benzene rings is 3. The van der Waals surface area contributed by atoms with Crippen LogP contribution in [0.25, 0.3) is 33.3 Å². The highest BCUT2D eigenvalue weighted by Crippen LogP contribution is 2.29. The number of phenolic OH excluding ortho intramolecular Hbond substituents is 1. The third-order valence-corrected chi connectivity index (χ3v) is 3.69. The molecule has 0 aliphatic rings. The maximum atomic E-state index is 9.51. The maximum Gasteiger partial charge on any atom is 0.227 e. The molecule has 0 radical (unpaired) electrons. The highest BCUT2D eigenvalue weighted by atomic mass is 16.3. The fourth-order valence-electron chi connectivity index (χ4n) is 2.58. The first-order valence-corrected chi connectivity index (χ1v) is 6.80. The second kappa shape index (κ2) is 4.35. The van der Waals surface area contributed by atoms with Crippen molar-refractivity contribution in [2.24, 2.45) is 0 Å². The Bertz CT molecular complexity index is 969. The van der Waals surface area contributed by atoms with Gasteiger partial charge in [0.2, 0.25) is 5.89 Å². The van der Waals surface area contributed by atoms with Gasteiger partial charge in [-0.05, 0) is 53.6 Å². The van der Waals surface area contributed by atoms with Gasteiger partial charge in [0.25, 0.3) is 0 Å². The molecule has 102 valence electrons. The van der Waals surface area contributed by atoms with E-state index in [1.54, 1.807) is 12.1 Å². The summed E-state index contributed by atoms with van der Waals surface area (Å²) in [5.74, 6) is 0.891. The van der Waals surface area contributed by atoms with Crippen molar-refractivity contribution in [1.82, 2.24) is 4.98 Å². The summed E-state index contributed by atoms with van der Waals surface area (Å²) in [5.41, 5.74) is 3.74. The van der Waals surface area contributed by atoms with E-state index in [1.807, 2.05) is 49.4 Å². The molecule has 0 spiro atoms. The topological polar surface area (TPSA) is 46.3 Å². The van der Waals surface area contributed by atoms with Crippen LogP contribution in [0.2, 0.25) is 0 Å². The van der Waals surface area contributed by atoms with Crippen LogP contribution in [0, 0.1) is 6.92 Å². The summed E-state index contributed by atoms with van der Waals surface area (Å²) in [7, 11) is 0. The van der Waals surface area contributed by atoms with E-state index in [4.69, 9.17) is 4.42 Å². The molecule has 3 nitrogen and oxygen atoms in total. The number of aryl methyl sites for hydroxylation is 1. The summed E-state index contributed by atoms with van der Waals surface area (Å²) in [6.07, 6.45) is 0. The van der Waals surface area contributed by atoms with E-state index >= 15 is 0 Å². The second-order valence-electron chi connectivity index (χ2n) is 5.19. The minimum absolute atomic E-state index is 0.271. The van der Waals surface area contributed by atoms with E-state index in [0.717, 1.165) is 33.0 Å². The minimum Gasteiger partial charge on any atom is -0.508 e. The predicted octanol–water partition coefficient (Wildman–Crippen LogP) is 4.66. The molecule has 3 heteroatoms. The molecule has 21 heavy (non-hydrogen) atoms. The lowest BCUT2D eigenvalue weighted by Gasteiger charge is -2.01. The van der Waals surface area contributed by atoms with Gasteiger partial charge in [0.05, 0.1) is 0 Å². The summed E-state index contributed by atoms with van der Waals surface area (Å²) in [4.78, 5) is 4.59. The van der Waals surface area contributed by atoms with E-state index < -0.39 is 0 Å². The Hall–Kier alpha value is -2.81. The molecule has 0 unspecified atom stereocenters. The van der Waals surface area contributed by atoms with Crippen LogP contribution < -0.4 is 0 Å². The lowest BCUT2D eigenvalue weighted by Crippen LogP contribution is -1.79. The van der Waals surface area contributed by atoms with E-state index in [9.17, 15) is 5.11 Å². The van der Waals surface area contributed by atoms with Crippen LogP contribution in [0.3, 0.4) is 0 Å². The summed E-state index contributed by atoms with van der Waals surface area (Å²) < 4.78 is 5.85. The molecule has 1 heterocycles. The van der Waals surface area contributed by atoms with Crippen molar-refractivity contribution in [3.8, 4) is 17.2 Å². The van der Waals surface area contributed by atoms with Gasteiger partial charge in [0, 0.05) is 5.56 Å². The van der Waals surface area contributed by atoms with Gasteiger partial charge in [0.15, 0.2) is 5.58 Å². The number of hydrogen-bond acceptors (Lipinski definition) is 3. The number of fused-ring (bicyclic) bond motifs is 2. The molecular formula is C18H13NO2. The molecule has 0 fully saturated rings. The second-order valence-corrected chi connectivity index (χ2v) is 5.19. The van der Waals surface area contributed by atoms with Gasteiger partial charge in [0.1, 0.15) is 11.3 Å². The molecule has 3 aromatic carbocycles.